The van der Waals surface area contributed by atoms with Gasteiger partial charge in [0.05, 0.1) is 22.8 Å². The SMILES string of the molecule is COC(=O)C1(c2cc(F)cc([Si])c2)CC1. The summed E-state index contributed by atoms with van der Waals surface area (Å²) in [6.45, 7) is 0. The summed E-state index contributed by atoms with van der Waals surface area (Å²) in [5.74, 6) is -0.619. The van der Waals surface area contributed by atoms with Crippen LogP contribution in [0.2, 0.25) is 0 Å². The lowest BCUT2D eigenvalue weighted by Gasteiger charge is -2.13. The number of hydrogen-bond donors (Lipinski definition) is 0. The van der Waals surface area contributed by atoms with Crippen LogP contribution in [0.25, 0.3) is 0 Å². The molecule has 0 aromatic heterocycles. The number of esters is 1. The van der Waals surface area contributed by atoms with Crippen molar-refractivity contribution < 1.29 is 13.9 Å². The lowest BCUT2D eigenvalue weighted by Crippen LogP contribution is -2.23. The van der Waals surface area contributed by atoms with Crippen molar-refractivity contribution >= 4 is 21.4 Å². The van der Waals surface area contributed by atoms with Crippen molar-refractivity contribution in [3.05, 3.63) is 29.6 Å². The second-order valence-corrected chi connectivity index (χ2v) is 4.38. The molecule has 1 fully saturated rings. The Kier molecular flexibility index (Phi) is 2.38. The van der Waals surface area contributed by atoms with E-state index >= 15 is 0 Å². The van der Waals surface area contributed by atoms with E-state index in [2.05, 4.69) is 10.2 Å². The second kappa shape index (κ2) is 3.45. The van der Waals surface area contributed by atoms with Gasteiger partial charge in [0.2, 0.25) is 0 Å². The van der Waals surface area contributed by atoms with Gasteiger partial charge >= 0.3 is 5.97 Å². The van der Waals surface area contributed by atoms with Gasteiger partial charge in [0, 0.05) is 0 Å². The minimum atomic E-state index is -0.599. The number of rotatable bonds is 2. The van der Waals surface area contributed by atoms with E-state index in [1.54, 1.807) is 6.07 Å². The maximum Gasteiger partial charge on any atom is 0.316 e. The molecule has 0 saturated heterocycles. The molecule has 1 saturated carbocycles. The average molecular weight is 221 g/mol. The molecule has 4 heteroatoms. The Bertz CT molecular complexity index is 393. The molecule has 1 aliphatic rings. The molecular formula is C11H10FO2Si. The normalized spacial score (nSPS) is 17.3. The van der Waals surface area contributed by atoms with E-state index in [-0.39, 0.29) is 11.8 Å². The fourth-order valence-electron chi connectivity index (χ4n) is 1.80. The number of ether oxygens (including phenoxy) is 1. The Morgan fingerprint density at radius 2 is 2.13 bits per heavy atom. The molecule has 0 atom stereocenters. The smallest absolute Gasteiger partial charge is 0.316 e. The van der Waals surface area contributed by atoms with Crippen LogP contribution in [-0.2, 0) is 14.9 Å². The van der Waals surface area contributed by atoms with Crippen LogP contribution in [0.4, 0.5) is 4.39 Å². The van der Waals surface area contributed by atoms with E-state index in [0.29, 0.717) is 10.8 Å². The van der Waals surface area contributed by atoms with E-state index in [1.165, 1.54) is 19.2 Å². The van der Waals surface area contributed by atoms with Crippen molar-refractivity contribution in [1.82, 2.24) is 0 Å². The number of halogens is 1. The minimum Gasteiger partial charge on any atom is -0.468 e. The van der Waals surface area contributed by atoms with Crippen molar-refractivity contribution in [2.45, 2.75) is 18.3 Å². The summed E-state index contributed by atoms with van der Waals surface area (Å²) in [7, 11) is 4.62. The van der Waals surface area contributed by atoms with Crippen molar-refractivity contribution in [2.24, 2.45) is 0 Å². The van der Waals surface area contributed by atoms with Gasteiger partial charge in [-0.2, -0.15) is 0 Å². The number of hydrogen-bond acceptors (Lipinski definition) is 2. The second-order valence-electron chi connectivity index (χ2n) is 3.80. The van der Waals surface area contributed by atoms with Crippen LogP contribution < -0.4 is 5.19 Å². The Labute approximate surface area is 90.9 Å². The van der Waals surface area contributed by atoms with Gasteiger partial charge in [0.15, 0.2) is 0 Å². The summed E-state index contributed by atoms with van der Waals surface area (Å²) >= 11 is 0. The summed E-state index contributed by atoms with van der Waals surface area (Å²) in [4.78, 5) is 11.6. The predicted molar refractivity (Wildman–Crippen MR) is 54.7 cm³/mol. The highest BCUT2D eigenvalue weighted by atomic mass is 28.1. The average Bonchev–Trinajstić information content (AvgIpc) is 2.96. The molecule has 0 aliphatic heterocycles. The molecule has 1 aromatic carbocycles. The maximum atomic E-state index is 13.2. The van der Waals surface area contributed by atoms with E-state index in [0.717, 1.165) is 12.8 Å². The zero-order valence-corrected chi connectivity index (χ0v) is 9.34. The summed E-state index contributed by atoms with van der Waals surface area (Å²) in [5, 5.41) is 0.639. The first-order valence-corrected chi connectivity index (χ1v) is 5.19. The molecule has 0 amide bonds. The Balaban J connectivity index is 2.41. The molecular weight excluding hydrogens is 211 g/mol. The van der Waals surface area contributed by atoms with Crippen molar-refractivity contribution in [3.8, 4) is 0 Å². The molecule has 0 N–H and O–H groups in total. The first kappa shape index (κ1) is 10.4. The Morgan fingerprint density at radius 1 is 1.47 bits per heavy atom. The number of methoxy groups -OCH3 is 1. The molecule has 3 radical (unpaired) electrons. The third-order valence-electron chi connectivity index (χ3n) is 2.78. The quantitative estimate of drug-likeness (QED) is 0.546. The van der Waals surface area contributed by atoms with E-state index in [9.17, 15) is 9.18 Å². The van der Waals surface area contributed by atoms with Gasteiger partial charge in [0.25, 0.3) is 0 Å². The van der Waals surface area contributed by atoms with Gasteiger partial charge in [-0.25, -0.2) is 4.39 Å². The number of carbonyl (C=O) groups excluding carboxylic acids is 1. The van der Waals surface area contributed by atoms with Gasteiger partial charge < -0.3 is 4.74 Å². The van der Waals surface area contributed by atoms with Gasteiger partial charge in [-0.05, 0) is 30.5 Å². The molecule has 2 nitrogen and oxygen atoms in total. The summed E-state index contributed by atoms with van der Waals surface area (Å²) in [6, 6.07) is 4.53. The fourth-order valence-corrected chi connectivity index (χ4v) is 2.09. The van der Waals surface area contributed by atoms with Gasteiger partial charge in [-0.3, -0.25) is 4.79 Å². The third kappa shape index (κ3) is 1.69. The largest absolute Gasteiger partial charge is 0.468 e. The van der Waals surface area contributed by atoms with Gasteiger partial charge in [-0.1, -0.05) is 11.3 Å². The van der Waals surface area contributed by atoms with Crippen molar-refractivity contribution in [2.75, 3.05) is 7.11 Å². The molecule has 2 rings (SSSR count). The van der Waals surface area contributed by atoms with Crippen LogP contribution >= 0.6 is 0 Å². The van der Waals surface area contributed by atoms with Crippen molar-refractivity contribution in [1.29, 1.82) is 0 Å². The van der Waals surface area contributed by atoms with Crippen LogP contribution in [-0.4, -0.2) is 23.3 Å². The maximum absolute atomic E-state index is 13.2. The lowest BCUT2D eigenvalue weighted by atomic mass is 9.96. The van der Waals surface area contributed by atoms with Crippen LogP contribution in [0, 0.1) is 5.82 Å². The molecule has 0 unspecified atom stereocenters. The molecule has 0 spiro atoms. The van der Waals surface area contributed by atoms with Gasteiger partial charge in [-0.15, -0.1) is 0 Å². The molecule has 1 aromatic rings. The van der Waals surface area contributed by atoms with Crippen molar-refractivity contribution in [3.63, 3.8) is 0 Å². The number of benzene rings is 1. The molecule has 0 bridgehead atoms. The summed E-state index contributed by atoms with van der Waals surface area (Å²) < 4.78 is 17.9. The molecule has 1 aliphatic carbocycles. The molecule has 0 heterocycles. The first-order chi connectivity index (χ1) is 7.08. The summed E-state index contributed by atoms with van der Waals surface area (Å²) in [6.07, 6.45) is 1.46. The first-order valence-electron chi connectivity index (χ1n) is 4.69. The Morgan fingerprint density at radius 3 is 2.60 bits per heavy atom. The van der Waals surface area contributed by atoms with Crippen LogP contribution in [0.5, 0.6) is 0 Å². The topological polar surface area (TPSA) is 26.3 Å². The molecule has 77 valence electrons. The zero-order valence-electron chi connectivity index (χ0n) is 8.34. The van der Waals surface area contributed by atoms with Gasteiger partial charge in [0.1, 0.15) is 5.82 Å². The Hall–Kier alpha value is -1.16. The highest BCUT2D eigenvalue weighted by Crippen LogP contribution is 2.48. The third-order valence-corrected chi connectivity index (χ3v) is 3.07. The molecule has 15 heavy (non-hydrogen) atoms. The van der Waals surface area contributed by atoms with Crippen LogP contribution in [0.15, 0.2) is 18.2 Å². The minimum absolute atomic E-state index is 0.279. The van der Waals surface area contributed by atoms with Crippen LogP contribution in [0.3, 0.4) is 0 Å². The zero-order chi connectivity index (χ0) is 11.1. The van der Waals surface area contributed by atoms with E-state index < -0.39 is 5.41 Å². The van der Waals surface area contributed by atoms with Crippen LogP contribution in [0.1, 0.15) is 18.4 Å². The monoisotopic (exact) mass is 221 g/mol. The highest BCUT2D eigenvalue weighted by Gasteiger charge is 2.52. The number of carbonyl (C=O) groups is 1. The standard InChI is InChI=1S/C11H10FO2Si/c1-14-10(13)11(2-3-11)7-4-8(12)6-9(15)5-7/h4-6H,2-3H2,1H3. The van der Waals surface area contributed by atoms with E-state index in [1.807, 2.05) is 0 Å². The predicted octanol–water partition coefficient (Wildman–Crippen LogP) is 0.824. The lowest BCUT2D eigenvalue weighted by molar-refractivity contribution is -0.143. The van der Waals surface area contributed by atoms with E-state index in [4.69, 9.17) is 4.74 Å². The summed E-state index contributed by atoms with van der Waals surface area (Å²) in [5.41, 5.74) is 0.0949. The highest BCUT2D eigenvalue weighted by molar-refractivity contribution is 6.32. The fraction of sp³-hybridized carbons (Fsp3) is 0.364.